The van der Waals surface area contributed by atoms with E-state index in [4.69, 9.17) is 0 Å². The molecule has 27 heavy (non-hydrogen) atoms. The fourth-order valence-electron chi connectivity index (χ4n) is 4.25. The number of carbonyl (C=O) groups is 3. The van der Waals surface area contributed by atoms with Crippen LogP contribution in [0.2, 0.25) is 0 Å². The van der Waals surface area contributed by atoms with Gasteiger partial charge >= 0.3 is 5.97 Å². The molecule has 0 aliphatic carbocycles. The predicted octanol–water partition coefficient (Wildman–Crippen LogP) is 1.68. The minimum atomic E-state index is -0.943. The van der Waals surface area contributed by atoms with Crippen LogP contribution in [-0.2, 0) is 9.59 Å². The smallest absolute Gasteiger partial charge is 0.326 e. The normalized spacial score (nSPS) is 21.4. The van der Waals surface area contributed by atoms with Crippen LogP contribution < -0.4 is 4.90 Å². The molecule has 1 N–H and O–H groups in total. The highest BCUT2D eigenvalue weighted by Crippen LogP contribution is 2.43. The summed E-state index contributed by atoms with van der Waals surface area (Å²) in [5, 5.41) is 9.44. The molecule has 0 saturated carbocycles. The standard InChI is InChI=1S/C20H27N3O4/c1-14(24)23-13-20(12-17(23)19(26)27)7-9-22(10-8-20)18(25)15-5-4-6-16(11-15)21(2)3/h4-6,11,17H,7-10,12-13H2,1-3H3,(H,26,27)/t17-/m1/s1. The van der Waals surface area contributed by atoms with Gasteiger partial charge in [-0.05, 0) is 42.9 Å². The molecule has 2 aliphatic rings. The highest BCUT2D eigenvalue weighted by Gasteiger charge is 2.49. The maximum absolute atomic E-state index is 12.9. The van der Waals surface area contributed by atoms with E-state index < -0.39 is 12.0 Å². The number of anilines is 1. The lowest BCUT2D eigenvalue weighted by molar-refractivity contribution is -0.147. The first-order chi connectivity index (χ1) is 12.7. The van der Waals surface area contributed by atoms with Crippen LogP contribution in [0.15, 0.2) is 24.3 Å². The van der Waals surface area contributed by atoms with Crippen LogP contribution in [0.3, 0.4) is 0 Å². The van der Waals surface area contributed by atoms with E-state index in [9.17, 15) is 19.5 Å². The van der Waals surface area contributed by atoms with Gasteiger partial charge in [0.05, 0.1) is 0 Å². The molecule has 146 valence electrons. The average Bonchev–Trinajstić information content (AvgIpc) is 3.02. The van der Waals surface area contributed by atoms with Crippen molar-refractivity contribution in [3.63, 3.8) is 0 Å². The minimum Gasteiger partial charge on any atom is -0.480 e. The van der Waals surface area contributed by atoms with E-state index in [1.165, 1.54) is 11.8 Å². The van der Waals surface area contributed by atoms with Crippen molar-refractivity contribution in [3.05, 3.63) is 29.8 Å². The van der Waals surface area contributed by atoms with Gasteiger partial charge in [0.15, 0.2) is 0 Å². The Kier molecular flexibility index (Phi) is 5.13. The van der Waals surface area contributed by atoms with Crippen LogP contribution in [0.25, 0.3) is 0 Å². The van der Waals surface area contributed by atoms with Crippen molar-refractivity contribution in [3.8, 4) is 0 Å². The molecular weight excluding hydrogens is 346 g/mol. The van der Waals surface area contributed by atoms with Crippen molar-refractivity contribution >= 4 is 23.5 Å². The van der Waals surface area contributed by atoms with Crippen molar-refractivity contribution in [2.75, 3.05) is 38.6 Å². The monoisotopic (exact) mass is 373 g/mol. The molecular formula is C20H27N3O4. The fraction of sp³-hybridized carbons (Fsp3) is 0.550. The van der Waals surface area contributed by atoms with Crippen LogP contribution >= 0.6 is 0 Å². The lowest BCUT2D eigenvalue weighted by Gasteiger charge is -2.39. The van der Waals surface area contributed by atoms with Gasteiger partial charge in [0.1, 0.15) is 6.04 Å². The fourth-order valence-corrected chi connectivity index (χ4v) is 4.25. The molecule has 0 radical (unpaired) electrons. The zero-order chi connectivity index (χ0) is 19.8. The Labute approximate surface area is 159 Å². The lowest BCUT2D eigenvalue weighted by atomic mass is 9.76. The largest absolute Gasteiger partial charge is 0.480 e. The highest BCUT2D eigenvalue weighted by atomic mass is 16.4. The highest BCUT2D eigenvalue weighted by molar-refractivity contribution is 5.95. The number of aliphatic carboxylic acids is 1. The van der Waals surface area contributed by atoms with Gasteiger partial charge in [-0.1, -0.05) is 6.07 Å². The number of piperidine rings is 1. The second kappa shape index (κ2) is 7.21. The Balaban J connectivity index is 1.68. The van der Waals surface area contributed by atoms with Gasteiger partial charge in [-0.25, -0.2) is 4.79 Å². The summed E-state index contributed by atoms with van der Waals surface area (Å²) in [6.07, 6.45) is 1.92. The van der Waals surface area contributed by atoms with Gasteiger partial charge in [0.2, 0.25) is 5.91 Å². The maximum atomic E-state index is 12.9. The number of benzene rings is 1. The summed E-state index contributed by atoms with van der Waals surface area (Å²) in [5.74, 6) is -1.14. The van der Waals surface area contributed by atoms with Gasteiger partial charge in [-0.2, -0.15) is 0 Å². The zero-order valence-corrected chi connectivity index (χ0v) is 16.1. The van der Waals surface area contributed by atoms with Crippen molar-refractivity contribution in [1.82, 2.24) is 9.80 Å². The van der Waals surface area contributed by atoms with E-state index in [1.807, 2.05) is 48.2 Å². The van der Waals surface area contributed by atoms with E-state index >= 15 is 0 Å². The number of carboxylic acid groups (broad SMARTS) is 1. The van der Waals surface area contributed by atoms with E-state index in [-0.39, 0.29) is 17.2 Å². The number of hydrogen-bond acceptors (Lipinski definition) is 4. The Morgan fingerprint density at radius 1 is 1.19 bits per heavy atom. The Hall–Kier alpha value is -2.57. The van der Waals surface area contributed by atoms with Gasteiger partial charge in [-0.15, -0.1) is 0 Å². The average molecular weight is 373 g/mol. The second-order valence-electron chi connectivity index (χ2n) is 7.94. The molecule has 3 rings (SSSR count). The molecule has 1 aromatic rings. The van der Waals surface area contributed by atoms with Gasteiger partial charge in [-0.3, -0.25) is 9.59 Å². The summed E-state index contributed by atoms with van der Waals surface area (Å²) in [5.41, 5.74) is 1.45. The third kappa shape index (κ3) is 3.77. The van der Waals surface area contributed by atoms with Crippen molar-refractivity contribution in [2.24, 2.45) is 5.41 Å². The number of rotatable bonds is 3. The molecule has 1 aromatic carbocycles. The molecule has 1 atom stereocenters. The van der Waals surface area contributed by atoms with Crippen LogP contribution in [0.4, 0.5) is 5.69 Å². The van der Waals surface area contributed by atoms with Gasteiger partial charge in [0, 0.05) is 51.9 Å². The molecule has 0 bridgehead atoms. The molecule has 7 nitrogen and oxygen atoms in total. The quantitative estimate of drug-likeness (QED) is 0.872. The van der Waals surface area contributed by atoms with Crippen molar-refractivity contribution in [1.29, 1.82) is 0 Å². The van der Waals surface area contributed by atoms with Gasteiger partial charge in [0.25, 0.3) is 5.91 Å². The summed E-state index contributed by atoms with van der Waals surface area (Å²) in [6.45, 7) is 3.06. The summed E-state index contributed by atoms with van der Waals surface area (Å²) in [4.78, 5) is 41.5. The number of carbonyl (C=O) groups excluding carboxylic acids is 2. The minimum absolute atomic E-state index is 0.00440. The van der Waals surface area contributed by atoms with E-state index in [0.717, 1.165) is 18.5 Å². The Bertz CT molecular complexity index is 729. The molecule has 2 saturated heterocycles. The van der Waals surface area contributed by atoms with Crippen LogP contribution in [0, 0.1) is 5.41 Å². The third-order valence-electron chi connectivity index (χ3n) is 5.92. The summed E-state index contributed by atoms with van der Waals surface area (Å²) in [7, 11) is 3.88. The summed E-state index contributed by atoms with van der Waals surface area (Å²) in [6, 6.07) is 6.81. The molecule has 7 heteroatoms. The first kappa shape index (κ1) is 19.2. The van der Waals surface area contributed by atoms with Crippen molar-refractivity contribution in [2.45, 2.75) is 32.2 Å². The SMILES string of the molecule is CC(=O)N1CC2(CCN(C(=O)c3cccc(N(C)C)c3)CC2)C[C@@H]1C(=O)O. The second-order valence-corrected chi connectivity index (χ2v) is 7.94. The van der Waals surface area contributed by atoms with E-state index in [2.05, 4.69) is 0 Å². The Morgan fingerprint density at radius 3 is 2.37 bits per heavy atom. The predicted molar refractivity (Wildman–Crippen MR) is 102 cm³/mol. The summed E-state index contributed by atoms with van der Waals surface area (Å²) >= 11 is 0. The first-order valence-electron chi connectivity index (χ1n) is 9.29. The molecule has 2 aliphatic heterocycles. The number of carboxylic acids is 1. The van der Waals surface area contributed by atoms with Crippen molar-refractivity contribution < 1.29 is 19.5 Å². The molecule has 2 heterocycles. The maximum Gasteiger partial charge on any atom is 0.326 e. The first-order valence-corrected chi connectivity index (χ1v) is 9.29. The topological polar surface area (TPSA) is 81.2 Å². The number of hydrogen-bond donors (Lipinski definition) is 1. The van der Waals surface area contributed by atoms with E-state index in [0.29, 0.717) is 31.6 Å². The van der Waals surface area contributed by atoms with Gasteiger partial charge < -0.3 is 19.8 Å². The third-order valence-corrected chi connectivity index (χ3v) is 5.92. The molecule has 2 fully saturated rings. The van der Waals surface area contributed by atoms with Crippen LogP contribution in [-0.4, -0.2) is 72.5 Å². The molecule has 0 aromatic heterocycles. The zero-order valence-electron chi connectivity index (χ0n) is 16.1. The molecule has 1 spiro atoms. The molecule has 0 unspecified atom stereocenters. The summed E-state index contributed by atoms with van der Waals surface area (Å²) < 4.78 is 0. The number of likely N-dealkylation sites (tertiary alicyclic amines) is 2. The van der Waals surface area contributed by atoms with Crippen LogP contribution in [0.5, 0.6) is 0 Å². The van der Waals surface area contributed by atoms with Crippen LogP contribution in [0.1, 0.15) is 36.5 Å². The number of amides is 2. The Morgan fingerprint density at radius 2 is 1.85 bits per heavy atom. The number of nitrogens with zero attached hydrogens (tertiary/aromatic N) is 3. The molecule has 2 amide bonds. The lowest BCUT2D eigenvalue weighted by Crippen LogP contribution is -2.44. The van der Waals surface area contributed by atoms with E-state index in [1.54, 1.807) is 0 Å².